The second-order valence-corrected chi connectivity index (χ2v) is 7.97. The van der Waals surface area contributed by atoms with Crippen LogP contribution in [0, 0.1) is 12.3 Å². The van der Waals surface area contributed by atoms with Gasteiger partial charge in [-0.05, 0) is 56.9 Å². The molecule has 1 aromatic heterocycles. The van der Waals surface area contributed by atoms with Crippen LogP contribution in [0.2, 0.25) is 0 Å². The predicted octanol–water partition coefficient (Wildman–Crippen LogP) is 6.83. The minimum Gasteiger partial charge on any atom is -0.454 e. The fourth-order valence-corrected chi connectivity index (χ4v) is 4.88. The largest absolute Gasteiger partial charge is 0.454 e. The van der Waals surface area contributed by atoms with Crippen LogP contribution in [0.15, 0.2) is 40.8 Å². The van der Waals surface area contributed by atoms with Gasteiger partial charge in [0.2, 0.25) is 0 Å². The third-order valence-corrected chi connectivity index (χ3v) is 6.11. The summed E-state index contributed by atoms with van der Waals surface area (Å²) in [6.07, 6.45) is 0.861. The molecular weight excluding hydrogens is 318 g/mol. The van der Waals surface area contributed by atoms with Crippen LogP contribution in [0.4, 0.5) is 5.69 Å². The summed E-state index contributed by atoms with van der Waals surface area (Å²) in [5.74, 6) is 0. The van der Waals surface area contributed by atoms with Crippen molar-refractivity contribution in [1.82, 2.24) is 0 Å². The molecule has 0 N–H and O–H groups in total. The maximum atomic E-state index is 9.29. The first-order valence-electron chi connectivity index (χ1n) is 13.5. The summed E-state index contributed by atoms with van der Waals surface area (Å²) in [6, 6.07) is 11.2. The number of para-hydroxylation sites is 1. The number of hydrogen-bond acceptors (Lipinski definition) is 2. The van der Waals surface area contributed by atoms with Crippen LogP contribution in [-0.2, 0) is 0 Å². The molecule has 1 spiro atoms. The minimum atomic E-state index is -3.12. The van der Waals surface area contributed by atoms with Crippen LogP contribution in [0.1, 0.15) is 68.7 Å². The summed E-state index contributed by atoms with van der Waals surface area (Å²) >= 11 is 0. The van der Waals surface area contributed by atoms with E-state index >= 15 is 0 Å². The van der Waals surface area contributed by atoms with Gasteiger partial charge in [-0.1, -0.05) is 49.6 Å². The highest BCUT2D eigenvalue weighted by molar-refractivity contribution is 6.09. The molecule has 0 amide bonds. The molecular formula is C24H29NO. The Bertz CT molecular complexity index is 1240. The zero-order chi connectivity index (χ0) is 24.7. The lowest BCUT2D eigenvalue weighted by molar-refractivity contribution is 0.204. The van der Waals surface area contributed by atoms with E-state index in [0.29, 0.717) is 35.3 Å². The maximum Gasteiger partial charge on any atom is 0.158 e. The lowest BCUT2D eigenvalue weighted by atomic mass is 9.71. The molecule has 26 heavy (non-hydrogen) atoms. The van der Waals surface area contributed by atoms with E-state index < -0.39 is 31.0 Å². The van der Waals surface area contributed by atoms with Crippen molar-refractivity contribution in [1.29, 1.82) is 0 Å². The molecule has 2 heteroatoms. The summed E-state index contributed by atoms with van der Waals surface area (Å²) in [4.78, 5) is 1.37. The third-order valence-electron chi connectivity index (χ3n) is 6.11. The van der Waals surface area contributed by atoms with Crippen LogP contribution >= 0.6 is 0 Å². The van der Waals surface area contributed by atoms with Gasteiger partial charge >= 0.3 is 0 Å². The summed E-state index contributed by atoms with van der Waals surface area (Å²) in [5.41, 5.74) is -1.74. The Morgan fingerprint density at radius 2 is 1.85 bits per heavy atom. The zero-order valence-electron chi connectivity index (χ0n) is 23.1. The Morgan fingerprint density at radius 1 is 1.04 bits per heavy atom. The number of anilines is 1. The van der Waals surface area contributed by atoms with Gasteiger partial charge in [0.15, 0.2) is 5.58 Å². The molecule has 136 valence electrons. The molecule has 1 saturated heterocycles. The van der Waals surface area contributed by atoms with Gasteiger partial charge in [0.25, 0.3) is 0 Å². The molecule has 1 aliphatic carbocycles. The van der Waals surface area contributed by atoms with Gasteiger partial charge in [-0.3, -0.25) is 0 Å². The number of fused-ring (bicyclic) bond motifs is 3. The molecule has 2 aromatic carbocycles. The Hall–Kier alpha value is -1.96. The number of hydrogen-bond donors (Lipinski definition) is 0. The van der Waals surface area contributed by atoms with Gasteiger partial charge in [-0.2, -0.15) is 0 Å². The van der Waals surface area contributed by atoms with Crippen molar-refractivity contribution < 1.29 is 15.4 Å². The molecule has 5 rings (SSSR count). The van der Waals surface area contributed by atoms with E-state index in [0.717, 1.165) is 30.0 Å². The van der Waals surface area contributed by atoms with E-state index in [-0.39, 0.29) is 6.54 Å². The standard InChI is InChI=1S/C24H29NO/c1-17-11-12-19-18-9-5-6-10-20(18)26-22(19)21(17)25-16-24(15-23(25,2)3)13-7-4-8-14-24/h5-6,9-12H,4,7-8,13-16H2,1-3H3/i2D3,3D3,15D2. The van der Waals surface area contributed by atoms with Crippen LogP contribution < -0.4 is 4.90 Å². The molecule has 2 nitrogen and oxygen atoms in total. The highest BCUT2D eigenvalue weighted by Gasteiger charge is 2.49. The Balaban J connectivity index is 1.89. The topological polar surface area (TPSA) is 16.4 Å². The van der Waals surface area contributed by atoms with Gasteiger partial charge < -0.3 is 9.32 Å². The molecule has 1 saturated carbocycles. The highest BCUT2D eigenvalue weighted by Crippen LogP contribution is 2.53. The molecule has 0 bridgehead atoms. The third kappa shape index (κ3) is 2.31. The van der Waals surface area contributed by atoms with Crippen molar-refractivity contribution in [3.63, 3.8) is 0 Å². The monoisotopic (exact) mass is 355 g/mol. The summed E-state index contributed by atoms with van der Waals surface area (Å²) in [5, 5.41) is 1.60. The average molecular weight is 356 g/mol. The Morgan fingerprint density at radius 3 is 2.65 bits per heavy atom. The van der Waals surface area contributed by atoms with E-state index in [9.17, 15) is 2.74 Å². The summed E-state index contributed by atoms with van der Waals surface area (Å²) < 4.78 is 75.9. The van der Waals surface area contributed by atoms with Gasteiger partial charge in [-0.15, -0.1) is 0 Å². The Labute approximate surface area is 167 Å². The molecule has 2 aliphatic rings. The van der Waals surface area contributed by atoms with Crippen molar-refractivity contribution in [2.24, 2.45) is 5.41 Å². The van der Waals surface area contributed by atoms with E-state index in [1.807, 2.05) is 36.4 Å². The lowest BCUT2D eigenvalue weighted by Crippen LogP contribution is -2.38. The average Bonchev–Trinajstić information content (AvgIpc) is 3.19. The number of furan rings is 1. The maximum absolute atomic E-state index is 9.29. The van der Waals surface area contributed by atoms with Crippen LogP contribution in [0.3, 0.4) is 0 Å². The molecule has 2 heterocycles. The van der Waals surface area contributed by atoms with Crippen molar-refractivity contribution in [3.8, 4) is 0 Å². The fourth-order valence-electron chi connectivity index (χ4n) is 4.88. The Kier molecular flexibility index (Phi) is 2.08. The van der Waals surface area contributed by atoms with Crippen molar-refractivity contribution >= 4 is 27.6 Å². The first kappa shape index (κ1) is 9.82. The summed E-state index contributed by atoms with van der Waals surface area (Å²) in [7, 11) is 0. The van der Waals surface area contributed by atoms with Crippen molar-refractivity contribution in [3.05, 3.63) is 42.0 Å². The quantitative estimate of drug-likeness (QED) is 0.475. The lowest BCUT2D eigenvalue weighted by Gasteiger charge is -2.35. The molecule has 2 fully saturated rings. The number of nitrogens with zero attached hydrogens (tertiary/aromatic N) is 1. The van der Waals surface area contributed by atoms with E-state index in [1.165, 1.54) is 4.90 Å². The first-order valence-corrected chi connectivity index (χ1v) is 9.47. The van der Waals surface area contributed by atoms with Crippen LogP contribution in [-0.4, -0.2) is 12.1 Å². The highest BCUT2D eigenvalue weighted by atomic mass is 16.3. The first-order chi connectivity index (χ1) is 15.8. The molecule has 3 aromatic rings. The molecule has 0 atom stereocenters. The van der Waals surface area contributed by atoms with Crippen LogP contribution in [0.5, 0.6) is 0 Å². The fraction of sp³-hybridized carbons (Fsp3) is 0.500. The smallest absolute Gasteiger partial charge is 0.158 e. The van der Waals surface area contributed by atoms with E-state index in [1.54, 1.807) is 6.92 Å². The van der Waals surface area contributed by atoms with Gasteiger partial charge in [0.1, 0.15) is 5.58 Å². The second-order valence-electron chi connectivity index (χ2n) is 7.97. The van der Waals surface area contributed by atoms with E-state index in [2.05, 4.69) is 0 Å². The molecule has 0 radical (unpaired) electrons. The normalized spacial score (nSPS) is 29.3. The van der Waals surface area contributed by atoms with Crippen LogP contribution in [0.25, 0.3) is 21.9 Å². The van der Waals surface area contributed by atoms with Gasteiger partial charge in [-0.25, -0.2) is 0 Å². The van der Waals surface area contributed by atoms with Crippen molar-refractivity contribution in [2.45, 2.75) is 64.6 Å². The molecule has 0 unspecified atom stereocenters. The summed E-state index contributed by atoms with van der Waals surface area (Å²) in [6.45, 7) is -4.42. The minimum absolute atomic E-state index is 0.0216. The second kappa shape index (κ2) is 5.52. The number of benzene rings is 2. The number of rotatable bonds is 1. The number of aryl methyl sites for hydroxylation is 1. The zero-order valence-corrected chi connectivity index (χ0v) is 15.1. The van der Waals surface area contributed by atoms with Gasteiger partial charge in [0.05, 0.1) is 5.69 Å². The predicted molar refractivity (Wildman–Crippen MR) is 110 cm³/mol. The van der Waals surface area contributed by atoms with Crippen molar-refractivity contribution in [2.75, 3.05) is 11.4 Å². The molecule has 1 aliphatic heterocycles. The van der Waals surface area contributed by atoms with Gasteiger partial charge in [0, 0.05) is 33.8 Å². The van der Waals surface area contributed by atoms with E-state index in [4.69, 9.17) is 12.6 Å². The SMILES string of the molecule is [2H]C([2H])([2H])C1(C([2H])([2H])[2H])N(c2c(C)ccc3c2oc2ccccc23)CC2(CCCCC2)C1([2H])[2H].